The van der Waals surface area contributed by atoms with Crippen molar-refractivity contribution in [1.29, 1.82) is 5.26 Å². The van der Waals surface area contributed by atoms with E-state index in [0.29, 0.717) is 23.4 Å². The van der Waals surface area contributed by atoms with E-state index in [1.807, 2.05) is 36.4 Å². The quantitative estimate of drug-likeness (QED) is 0.797. The van der Waals surface area contributed by atoms with Crippen LogP contribution >= 0.6 is 0 Å². The molecule has 0 unspecified atom stereocenters. The molecule has 5 heteroatoms. The van der Waals surface area contributed by atoms with Crippen LogP contribution in [-0.4, -0.2) is 10.5 Å². The molecule has 0 radical (unpaired) electrons. The van der Waals surface area contributed by atoms with Crippen molar-refractivity contribution in [2.45, 2.75) is 19.9 Å². The number of pyridine rings is 1. The first-order valence-electron chi connectivity index (χ1n) is 7.97. The molecule has 0 saturated carbocycles. The number of anilines is 1. The molecule has 0 aliphatic rings. The fraction of sp³-hybridized carbons (Fsp3) is 0.150. The lowest BCUT2D eigenvalue weighted by Crippen LogP contribution is -2.25. The number of benzene rings is 2. The van der Waals surface area contributed by atoms with Crippen LogP contribution in [0.5, 0.6) is 0 Å². The molecular formula is C20H17N3O2. The van der Waals surface area contributed by atoms with Gasteiger partial charge in [-0.05, 0) is 48.7 Å². The van der Waals surface area contributed by atoms with Gasteiger partial charge in [-0.3, -0.25) is 9.59 Å². The van der Waals surface area contributed by atoms with Gasteiger partial charge in [-0.1, -0.05) is 18.2 Å². The average Bonchev–Trinajstić information content (AvgIpc) is 2.63. The molecule has 0 spiro atoms. The third-order valence-corrected chi connectivity index (χ3v) is 4.04. The molecule has 2 aromatic carbocycles. The molecule has 1 N–H and O–H groups in total. The number of carbonyl (C=O) groups excluding carboxylic acids is 1. The second kappa shape index (κ2) is 7.02. The van der Waals surface area contributed by atoms with Crippen LogP contribution < -0.4 is 10.9 Å². The van der Waals surface area contributed by atoms with Crippen molar-refractivity contribution in [2.24, 2.45) is 0 Å². The number of fused-ring (bicyclic) bond motifs is 1. The van der Waals surface area contributed by atoms with Crippen molar-refractivity contribution in [3.63, 3.8) is 0 Å². The lowest BCUT2D eigenvalue weighted by atomic mass is 10.1. The Morgan fingerprint density at radius 1 is 1.16 bits per heavy atom. The van der Waals surface area contributed by atoms with Gasteiger partial charge in [0.1, 0.15) is 0 Å². The molecule has 25 heavy (non-hydrogen) atoms. The number of rotatable bonds is 4. The van der Waals surface area contributed by atoms with Crippen LogP contribution in [-0.2, 0) is 11.3 Å². The normalized spacial score (nSPS) is 10.4. The average molecular weight is 331 g/mol. The fourth-order valence-electron chi connectivity index (χ4n) is 2.76. The van der Waals surface area contributed by atoms with Gasteiger partial charge in [0.05, 0.1) is 17.1 Å². The van der Waals surface area contributed by atoms with E-state index in [0.717, 1.165) is 10.9 Å². The van der Waals surface area contributed by atoms with Gasteiger partial charge in [-0.15, -0.1) is 0 Å². The predicted octanol–water partition coefficient (Wildman–Crippen LogP) is 3.21. The predicted molar refractivity (Wildman–Crippen MR) is 97.3 cm³/mol. The van der Waals surface area contributed by atoms with Crippen molar-refractivity contribution >= 4 is 22.5 Å². The first kappa shape index (κ1) is 16.5. The minimum Gasteiger partial charge on any atom is -0.326 e. The number of aryl methyl sites for hydroxylation is 2. The smallest absolute Gasteiger partial charge is 0.253 e. The molecular weight excluding hydrogens is 314 g/mol. The zero-order chi connectivity index (χ0) is 17.8. The van der Waals surface area contributed by atoms with Crippen molar-refractivity contribution in [2.75, 3.05) is 5.32 Å². The Morgan fingerprint density at radius 2 is 1.88 bits per heavy atom. The highest BCUT2D eigenvalue weighted by Crippen LogP contribution is 2.14. The highest BCUT2D eigenvalue weighted by Gasteiger charge is 2.09. The molecule has 5 nitrogen and oxygen atoms in total. The maximum absolute atomic E-state index is 12.4. The SMILES string of the molecule is Cc1cc2ccccc2n(CCC(=O)Nc2ccc(C#N)cc2)c1=O. The molecule has 0 aliphatic heterocycles. The van der Waals surface area contributed by atoms with E-state index in [4.69, 9.17) is 5.26 Å². The van der Waals surface area contributed by atoms with E-state index in [1.54, 1.807) is 35.8 Å². The number of nitrogens with one attached hydrogen (secondary N) is 1. The Kier molecular flexibility index (Phi) is 4.62. The van der Waals surface area contributed by atoms with E-state index in [2.05, 4.69) is 5.32 Å². The molecule has 0 saturated heterocycles. The van der Waals surface area contributed by atoms with Crippen molar-refractivity contribution in [3.8, 4) is 6.07 Å². The van der Waals surface area contributed by atoms with Gasteiger partial charge < -0.3 is 9.88 Å². The summed E-state index contributed by atoms with van der Waals surface area (Å²) >= 11 is 0. The Morgan fingerprint density at radius 3 is 2.60 bits per heavy atom. The van der Waals surface area contributed by atoms with Crippen LogP contribution in [0, 0.1) is 18.3 Å². The van der Waals surface area contributed by atoms with Crippen LogP contribution in [0.3, 0.4) is 0 Å². The Balaban J connectivity index is 1.76. The van der Waals surface area contributed by atoms with E-state index in [-0.39, 0.29) is 17.9 Å². The van der Waals surface area contributed by atoms with Gasteiger partial charge in [0.2, 0.25) is 5.91 Å². The van der Waals surface area contributed by atoms with E-state index >= 15 is 0 Å². The lowest BCUT2D eigenvalue weighted by molar-refractivity contribution is -0.116. The third-order valence-electron chi connectivity index (χ3n) is 4.04. The molecule has 1 amide bonds. The molecule has 0 aliphatic carbocycles. The maximum atomic E-state index is 12.4. The zero-order valence-electron chi connectivity index (χ0n) is 13.8. The number of amides is 1. The van der Waals surface area contributed by atoms with Crippen LogP contribution in [0.1, 0.15) is 17.5 Å². The summed E-state index contributed by atoms with van der Waals surface area (Å²) in [6.45, 7) is 2.09. The minimum atomic E-state index is -0.179. The second-order valence-electron chi connectivity index (χ2n) is 5.83. The van der Waals surface area contributed by atoms with Gasteiger partial charge in [-0.2, -0.15) is 5.26 Å². The van der Waals surface area contributed by atoms with Crippen LogP contribution in [0.25, 0.3) is 10.9 Å². The first-order chi connectivity index (χ1) is 12.1. The lowest BCUT2D eigenvalue weighted by Gasteiger charge is -2.12. The van der Waals surface area contributed by atoms with Crippen LogP contribution in [0.2, 0.25) is 0 Å². The molecule has 0 bridgehead atoms. The molecule has 3 aromatic rings. The van der Waals surface area contributed by atoms with Crippen molar-refractivity contribution in [3.05, 3.63) is 76.1 Å². The summed E-state index contributed by atoms with van der Waals surface area (Å²) in [4.78, 5) is 24.6. The summed E-state index contributed by atoms with van der Waals surface area (Å²) in [6.07, 6.45) is 0.188. The van der Waals surface area contributed by atoms with Gasteiger partial charge in [0.15, 0.2) is 0 Å². The number of hydrogen-bond donors (Lipinski definition) is 1. The Hall–Kier alpha value is -3.39. The number of aromatic nitrogens is 1. The summed E-state index contributed by atoms with van der Waals surface area (Å²) in [5, 5.41) is 12.5. The summed E-state index contributed by atoms with van der Waals surface area (Å²) < 4.78 is 1.64. The van der Waals surface area contributed by atoms with Crippen molar-refractivity contribution in [1.82, 2.24) is 4.57 Å². The van der Waals surface area contributed by atoms with Gasteiger partial charge in [0, 0.05) is 24.2 Å². The third kappa shape index (κ3) is 3.59. The monoisotopic (exact) mass is 331 g/mol. The summed E-state index contributed by atoms with van der Waals surface area (Å²) in [6, 6.07) is 18.2. The highest BCUT2D eigenvalue weighted by atomic mass is 16.1. The molecule has 1 aromatic heterocycles. The van der Waals surface area contributed by atoms with Gasteiger partial charge in [0.25, 0.3) is 5.56 Å². The van der Waals surface area contributed by atoms with Gasteiger partial charge >= 0.3 is 0 Å². The number of nitriles is 1. The van der Waals surface area contributed by atoms with E-state index in [1.165, 1.54) is 0 Å². The number of hydrogen-bond acceptors (Lipinski definition) is 3. The minimum absolute atomic E-state index is 0.0788. The number of nitrogens with zero attached hydrogens (tertiary/aromatic N) is 2. The molecule has 1 heterocycles. The van der Waals surface area contributed by atoms with E-state index in [9.17, 15) is 9.59 Å². The Labute approximate surface area is 145 Å². The maximum Gasteiger partial charge on any atom is 0.253 e. The number of para-hydroxylation sites is 1. The Bertz CT molecular complexity index is 1030. The van der Waals surface area contributed by atoms with Gasteiger partial charge in [-0.25, -0.2) is 0 Å². The second-order valence-corrected chi connectivity index (χ2v) is 5.83. The summed E-state index contributed by atoms with van der Waals surface area (Å²) in [7, 11) is 0. The van der Waals surface area contributed by atoms with Crippen LogP contribution in [0.15, 0.2) is 59.4 Å². The topological polar surface area (TPSA) is 74.9 Å². The molecule has 3 rings (SSSR count). The molecule has 0 atom stereocenters. The van der Waals surface area contributed by atoms with E-state index < -0.39 is 0 Å². The zero-order valence-corrected chi connectivity index (χ0v) is 13.8. The standard InChI is InChI=1S/C20H17N3O2/c1-14-12-16-4-2-3-5-18(16)23(20(14)25)11-10-19(24)22-17-8-6-15(13-21)7-9-17/h2-9,12H,10-11H2,1H3,(H,22,24). The summed E-state index contributed by atoms with van der Waals surface area (Å²) in [5.41, 5.74) is 2.57. The number of carbonyl (C=O) groups is 1. The largest absolute Gasteiger partial charge is 0.326 e. The summed E-state index contributed by atoms with van der Waals surface area (Å²) in [5.74, 6) is -0.179. The molecule has 124 valence electrons. The van der Waals surface area contributed by atoms with Crippen LogP contribution in [0.4, 0.5) is 5.69 Å². The molecule has 0 fully saturated rings. The first-order valence-corrected chi connectivity index (χ1v) is 7.97. The van der Waals surface area contributed by atoms with Crippen molar-refractivity contribution < 1.29 is 4.79 Å². The fourth-order valence-corrected chi connectivity index (χ4v) is 2.76. The highest BCUT2D eigenvalue weighted by molar-refractivity contribution is 5.90.